The minimum atomic E-state index is -3.56. The number of hydrogen-bond donors (Lipinski definition) is 1. The molecule has 32 heavy (non-hydrogen) atoms. The Morgan fingerprint density at radius 3 is 2.62 bits per heavy atom. The summed E-state index contributed by atoms with van der Waals surface area (Å²) >= 11 is 7.31. The molecule has 2 heterocycles. The number of anilines is 1. The lowest BCUT2D eigenvalue weighted by Gasteiger charge is -2.25. The lowest BCUT2D eigenvalue weighted by atomic mass is 10.1. The molecule has 1 N–H and O–H groups in total. The standard InChI is InChI=1S/C22H21ClN2O5S2/c1-29-19-6-5-17(14-18(19)23)24-22(26)16-4-2-3-15(13-16)20-7-8-21(31-20)32(27,28)25-9-11-30-12-10-25/h2-8,13-14H,9-12H2,1H3,(H,24,26). The molecule has 4 rings (SSSR count). The van der Waals surface area contributed by atoms with Crippen LogP contribution in [0.4, 0.5) is 5.69 Å². The molecule has 1 aliphatic heterocycles. The van der Waals surface area contributed by atoms with Crippen molar-refractivity contribution in [1.82, 2.24) is 4.31 Å². The van der Waals surface area contributed by atoms with Crippen molar-refractivity contribution in [3.63, 3.8) is 0 Å². The van der Waals surface area contributed by atoms with Crippen molar-refractivity contribution in [3.8, 4) is 16.2 Å². The molecule has 7 nitrogen and oxygen atoms in total. The molecule has 0 radical (unpaired) electrons. The second-order valence-corrected chi connectivity index (χ2v) is 10.7. The Labute approximate surface area is 195 Å². The van der Waals surface area contributed by atoms with Crippen molar-refractivity contribution in [2.75, 3.05) is 38.7 Å². The van der Waals surface area contributed by atoms with Crippen LogP contribution in [0.2, 0.25) is 5.02 Å². The molecule has 2 aromatic carbocycles. The highest BCUT2D eigenvalue weighted by molar-refractivity contribution is 7.91. The Kier molecular flexibility index (Phi) is 6.82. The number of benzene rings is 2. The van der Waals surface area contributed by atoms with Crippen LogP contribution in [0.15, 0.2) is 58.8 Å². The maximum atomic E-state index is 12.9. The molecule has 1 amide bonds. The number of amides is 1. The predicted molar refractivity (Wildman–Crippen MR) is 125 cm³/mol. The van der Waals surface area contributed by atoms with Gasteiger partial charge in [-0.05, 0) is 48.0 Å². The summed E-state index contributed by atoms with van der Waals surface area (Å²) < 4.78 is 37.8. The van der Waals surface area contributed by atoms with Gasteiger partial charge in [-0.1, -0.05) is 23.7 Å². The van der Waals surface area contributed by atoms with Gasteiger partial charge >= 0.3 is 0 Å². The zero-order chi connectivity index (χ0) is 22.7. The van der Waals surface area contributed by atoms with E-state index >= 15 is 0 Å². The predicted octanol–water partition coefficient (Wildman–Crippen LogP) is 4.35. The molecular weight excluding hydrogens is 472 g/mol. The van der Waals surface area contributed by atoms with Gasteiger partial charge in [-0.25, -0.2) is 8.42 Å². The number of methoxy groups -OCH3 is 1. The smallest absolute Gasteiger partial charge is 0.255 e. The summed E-state index contributed by atoms with van der Waals surface area (Å²) in [6, 6.07) is 15.4. The summed E-state index contributed by atoms with van der Waals surface area (Å²) in [5.74, 6) is 0.220. The van der Waals surface area contributed by atoms with E-state index in [1.165, 1.54) is 22.8 Å². The van der Waals surface area contributed by atoms with E-state index in [0.717, 1.165) is 10.4 Å². The third-order valence-electron chi connectivity index (χ3n) is 4.96. The number of halogens is 1. The number of nitrogens with one attached hydrogen (secondary N) is 1. The molecule has 0 saturated carbocycles. The van der Waals surface area contributed by atoms with Gasteiger partial charge < -0.3 is 14.8 Å². The van der Waals surface area contributed by atoms with Gasteiger partial charge in [-0.3, -0.25) is 4.79 Å². The zero-order valence-corrected chi connectivity index (χ0v) is 19.6. The van der Waals surface area contributed by atoms with Crippen molar-refractivity contribution in [2.45, 2.75) is 4.21 Å². The van der Waals surface area contributed by atoms with Crippen molar-refractivity contribution in [2.24, 2.45) is 0 Å². The molecule has 0 atom stereocenters. The maximum absolute atomic E-state index is 12.9. The van der Waals surface area contributed by atoms with Crippen LogP contribution in [0.25, 0.3) is 10.4 Å². The maximum Gasteiger partial charge on any atom is 0.255 e. The van der Waals surface area contributed by atoms with Gasteiger partial charge in [0.05, 0.1) is 25.3 Å². The molecule has 0 spiro atoms. The molecule has 0 bridgehead atoms. The third-order valence-corrected chi connectivity index (χ3v) is 8.76. The van der Waals surface area contributed by atoms with Gasteiger partial charge in [-0.15, -0.1) is 11.3 Å². The molecule has 1 fully saturated rings. The Hall–Kier alpha value is -2.43. The number of rotatable bonds is 6. The van der Waals surface area contributed by atoms with Crippen molar-refractivity contribution in [1.29, 1.82) is 0 Å². The Morgan fingerprint density at radius 2 is 1.91 bits per heavy atom. The van der Waals surface area contributed by atoms with Crippen LogP contribution in [-0.2, 0) is 14.8 Å². The normalized spacial score (nSPS) is 14.8. The summed E-state index contributed by atoms with van der Waals surface area (Å²) in [6.45, 7) is 1.49. The van der Waals surface area contributed by atoms with Crippen molar-refractivity contribution in [3.05, 3.63) is 65.2 Å². The van der Waals surface area contributed by atoms with E-state index in [2.05, 4.69) is 5.32 Å². The highest BCUT2D eigenvalue weighted by atomic mass is 35.5. The zero-order valence-electron chi connectivity index (χ0n) is 17.2. The summed E-state index contributed by atoms with van der Waals surface area (Å²) in [7, 11) is -2.04. The molecule has 168 valence electrons. The van der Waals surface area contributed by atoms with E-state index in [-0.39, 0.29) is 10.1 Å². The summed E-state index contributed by atoms with van der Waals surface area (Å²) in [6.07, 6.45) is 0. The Balaban J connectivity index is 1.53. The second-order valence-electron chi connectivity index (χ2n) is 7.02. The molecule has 1 aromatic heterocycles. The Morgan fingerprint density at radius 1 is 1.12 bits per heavy atom. The van der Waals surface area contributed by atoms with Crippen molar-refractivity contribution < 1.29 is 22.7 Å². The van der Waals surface area contributed by atoms with Crippen LogP contribution in [0.5, 0.6) is 5.75 Å². The van der Waals surface area contributed by atoms with E-state index in [4.69, 9.17) is 21.1 Å². The second kappa shape index (κ2) is 9.60. The number of hydrogen-bond acceptors (Lipinski definition) is 6. The third kappa shape index (κ3) is 4.82. The summed E-state index contributed by atoms with van der Waals surface area (Å²) in [5, 5.41) is 3.21. The quantitative estimate of drug-likeness (QED) is 0.553. The van der Waals surface area contributed by atoms with Crippen LogP contribution < -0.4 is 10.1 Å². The van der Waals surface area contributed by atoms with Gasteiger partial charge in [0.2, 0.25) is 0 Å². The first-order valence-electron chi connectivity index (χ1n) is 9.81. The van der Waals surface area contributed by atoms with E-state index < -0.39 is 10.0 Å². The lowest BCUT2D eigenvalue weighted by molar-refractivity contribution is 0.0731. The minimum absolute atomic E-state index is 0.275. The average molecular weight is 493 g/mol. The number of sulfonamides is 1. The van der Waals surface area contributed by atoms with Crippen LogP contribution >= 0.6 is 22.9 Å². The highest BCUT2D eigenvalue weighted by Crippen LogP contribution is 2.33. The van der Waals surface area contributed by atoms with Gasteiger partial charge in [0, 0.05) is 29.2 Å². The topological polar surface area (TPSA) is 84.9 Å². The molecule has 0 aliphatic carbocycles. The van der Waals surface area contributed by atoms with E-state index in [0.29, 0.717) is 48.3 Å². The van der Waals surface area contributed by atoms with Crippen molar-refractivity contribution >= 4 is 44.6 Å². The van der Waals surface area contributed by atoms with E-state index in [1.807, 2.05) is 6.07 Å². The van der Waals surface area contributed by atoms with Crippen LogP contribution in [0, 0.1) is 0 Å². The SMILES string of the molecule is COc1ccc(NC(=O)c2cccc(-c3ccc(S(=O)(=O)N4CCOCC4)s3)c2)cc1Cl. The molecule has 1 saturated heterocycles. The monoisotopic (exact) mass is 492 g/mol. The average Bonchev–Trinajstić information content (AvgIpc) is 3.31. The number of thiophene rings is 1. The minimum Gasteiger partial charge on any atom is -0.495 e. The molecule has 10 heteroatoms. The summed E-state index contributed by atoms with van der Waals surface area (Å²) in [5.41, 5.74) is 1.75. The van der Waals surface area contributed by atoms with Gasteiger partial charge in [0.15, 0.2) is 0 Å². The molecule has 3 aromatic rings. The fourth-order valence-electron chi connectivity index (χ4n) is 3.29. The van der Waals surface area contributed by atoms with Gasteiger partial charge in [-0.2, -0.15) is 4.31 Å². The van der Waals surface area contributed by atoms with E-state index in [9.17, 15) is 13.2 Å². The lowest BCUT2D eigenvalue weighted by Crippen LogP contribution is -2.40. The van der Waals surface area contributed by atoms with Gasteiger partial charge in [0.1, 0.15) is 9.96 Å². The molecule has 0 unspecified atom stereocenters. The number of nitrogens with zero attached hydrogens (tertiary/aromatic N) is 1. The fourth-order valence-corrected chi connectivity index (χ4v) is 6.41. The Bertz CT molecular complexity index is 1240. The fraction of sp³-hybridized carbons (Fsp3) is 0.227. The first kappa shape index (κ1) is 22.8. The largest absolute Gasteiger partial charge is 0.495 e. The summed E-state index contributed by atoms with van der Waals surface area (Å²) in [4.78, 5) is 13.5. The number of carbonyl (C=O) groups excluding carboxylic acids is 1. The van der Waals surface area contributed by atoms with E-state index in [1.54, 1.807) is 48.5 Å². The van der Waals surface area contributed by atoms with Crippen LogP contribution in [-0.4, -0.2) is 52.0 Å². The number of carbonyl (C=O) groups is 1. The van der Waals surface area contributed by atoms with Gasteiger partial charge in [0.25, 0.3) is 15.9 Å². The molecule has 1 aliphatic rings. The highest BCUT2D eigenvalue weighted by Gasteiger charge is 2.28. The molecular formula is C22H21ClN2O5S2. The first-order valence-corrected chi connectivity index (χ1v) is 12.4. The number of ether oxygens (including phenoxy) is 2. The van der Waals surface area contributed by atoms with Crippen LogP contribution in [0.1, 0.15) is 10.4 Å². The number of morpholine rings is 1. The van der Waals surface area contributed by atoms with Crippen LogP contribution in [0.3, 0.4) is 0 Å². The first-order chi connectivity index (χ1) is 15.4.